The molecule has 1 aliphatic heterocycles. The van der Waals surface area contributed by atoms with E-state index in [9.17, 15) is 4.79 Å². The lowest BCUT2D eigenvalue weighted by atomic mass is 9.74. The maximum Gasteiger partial charge on any atom is 0.302 e. The molecule has 0 N–H and O–H groups in total. The standard InChI is InChI=1S/C24H25N3O4/c1-4-30-23-10-18-19-9-17(31-14(2)28)7-8-21(19)27-24(20(18)11-22(23)29-3)15-5-6-16(12-25)26-13-15/h5-6,10-11,13,17,19,21H,4,7-9H2,1-3H3. The number of hydrogen-bond acceptors (Lipinski definition) is 7. The molecule has 1 aromatic carbocycles. The van der Waals surface area contributed by atoms with Crippen molar-refractivity contribution in [3.8, 4) is 17.6 Å². The van der Waals surface area contributed by atoms with Crippen molar-refractivity contribution in [1.82, 2.24) is 4.98 Å². The normalized spacial score (nSPS) is 21.7. The van der Waals surface area contributed by atoms with Crippen molar-refractivity contribution >= 4 is 11.7 Å². The van der Waals surface area contributed by atoms with Crippen molar-refractivity contribution < 1.29 is 19.0 Å². The summed E-state index contributed by atoms with van der Waals surface area (Å²) in [4.78, 5) is 20.8. The number of methoxy groups -OCH3 is 1. The molecule has 2 aromatic rings. The summed E-state index contributed by atoms with van der Waals surface area (Å²) in [6, 6.07) is 9.71. The second-order valence-electron chi connectivity index (χ2n) is 7.76. The van der Waals surface area contributed by atoms with Gasteiger partial charge < -0.3 is 14.2 Å². The fourth-order valence-corrected chi connectivity index (χ4v) is 4.53. The van der Waals surface area contributed by atoms with Crippen LogP contribution in [-0.4, -0.2) is 42.5 Å². The highest BCUT2D eigenvalue weighted by molar-refractivity contribution is 6.14. The van der Waals surface area contributed by atoms with Gasteiger partial charge in [0.2, 0.25) is 0 Å². The zero-order valence-electron chi connectivity index (χ0n) is 17.9. The number of rotatable bonds is 5. The Morgan fingerprint density at radius 1 is 1.26 bits per heavy atom. The van der Waals surface area contributed by atoms with Crippen molar-refractivity contribution in [2.24, 2.45) is 4.99 Å². The highest BCUT2D eigenvalue weighted by Crippen LogP contribution is 2.45. The van der Waals surface area contributed by atoms with Crippen LogP contribution < -0.4 is 9.47 Å². The minimum absolute atomic E-state index is 0.0767. The van der Waals surface area contributed by atoms with E-state index < -0.39 is 0 Å². The first-order valence-electron chi connectivity index (χ1n) is 10.5. The van der Waals surface area contributed by atoms with Crippen LogP contribution in [0.15, 0.2) is 35.5 Å². The number of ether oxygens (including phenoxy) is 3. The summed E-state index contributed by atoms with van der Waals surface area (Å²) in [5.74, 6) is 1.20. The summed E-state index contributed by atoms with van der Waals surface area (Å²) in [7, 11) is 1.62. The van der Waals surface area contributed by atoms with Crippen LogP contribution in [0, 0.1) is 11.3 Å². The van der Waals surface area contributed by atoms with Gasteiger partial charge >= 0.3 is 5.97 Å². The van der Waals surface area contributed by atoms with Gasteiger partial charge in [0.25, 0.3) is 0 Å². The van der Waals surface area contributed by atoms with Crippen molar-refractivity contribution in [2.45, 2.75) is 51.2 Å². The van der Waals surface area contributed by atoms with Gasteiger partial charge in [0.15, 0.2) is 11.5 Å². The molecule has 7 nitrogen and oxygen atoms in total. The van der Waals surface area contributed by atoms with Crippen molar-refractivity contribution in [3.63, 3.8) is 0 Å². The fraction of sp³-hybridized carbons (Fsp3) is 0.417. The molecule has 1 aromatic heterocycles. The van der Waals surface area contributed by atoms with Gasteiger partial charge in [0.05, 0.1) is 25.5 Å². The molecule has 0 saturated heterocycles. The Bertz CT molecular complexity index is 1060. The predicted molar refractivity (Wildman–Crippen MR) is 115 cm³/mol. The lowest BCUT2D eigenvalue weighted by Crippen LogP contribution is -2.36. The van der Waals surface area contributed by atoms with Crippen LogP contribution in [0.2, 0.25) is 0 Å². The minimum Gasteiger partial charge on any atom is -0.493 e. The number of nitrogens with zero attached hydrogens (tertiary/aromatic N) is 3. The smallest absolute Gasteiger partial charge is 0.302 e. The molecule has 7 heteroatoms. The lowest BCUT2D eigenvalue weighted by molar-refractivity contribution is -0.148. The van der Waals surface area contributed by atoms with Crippen LogP contribution in [0.5, 0.6) is 11.5 Å². The number of benzene rings is 1. The molecular weight excluding hydrogens is 394 g/mol. The number of hydrogen-bond donors (Lipinski definition) is 0. The number of pyridine rings is 1. The molecule has 0 amide bonds. The molecule has 1 aliphatic carbocycles. The molecule has 3 unspecified atom stereocenters. The van der Waals surface area contributed by atoms with Gasteiger partial charge in [-0.1, -0.05) is 0 Å². The number of nitriles is 1. The van der Waals surface area contributed by atoms with Gasteiger partial charge in [-0.15, -0.1) is 0 Å². The second-order valence-corrected chi connectivity index (χ2v) is 7.76. The fourth-order valence-electron chi connectivity index (χ4n) is 4.53. The topological polar surface area (TPSA) is 93.8 Å². The molecule has 3 atom stereocenters. The van der Waals surface area contributed by atoms with E-state index in [0.717, 1.165) is 41.7 Å². The molecule has 160 valence electrons. The minimum atomic E-state index is -0.253. The van der Waals surface area contributed by atoms with Crippen LogP contribution in [0.25, 0.3) is 0 Å². The monoisotopic (exact) mass is 419 g/mol. The Morgan fingerprint density at radius 3 is 2.74 bits per heavy atom. The first-order valence-corrected chi connectivity index (χ1v) is 10.5. The quantitative estimate of drug-likeness (QED) is 0.685. The summed E-state index contributed by atoms with van der Waals surface area (Å²) in [6.45, 7) is 3.92. The number of aromatic nitrogens is 1. The van der Waals surface area contributed by atoms with E-state index in [0.29, 0.717) is 23.8 Å². The van der Waals surface area contributed by atoms with Gasteiger partial charge in [-0.2, -0.15) is 5.26 Å². The van der Waals surface area contributed by atoms with Crippen LogP contribution in [0.4, 0.5) is 0 Å². The van der Waals surface area contributed by atoms with Crippen LogP contribution in [-0.2, 0) is 9.53 Å². The van der Waals surface area contributed by atoms with Crippen LogP contribution in [0.3, 0.4) is 0 Å². The van der Waals surface area contributed by atoms with E-state index in [-0.39, 0.29) is 24.0 Å². The number of carbonyl (C=O) groups is 1. The number of fused-ring (bicyclic) bond motifs is 3. The first kappa shape index (κ1) is 20.9. The Balaban J connectivity index is 1.82. The van der Waals surface area contributed by atoms with Crippen molar-refractivity contribution in [1.29, 1.82) is 5.26 Å². The second kappa shape index (κ2) is 8.76. The Kier molecular flexibility index (Phi) is 5.90. The Morgan fingerprint density at radius 2 is 2.10 bits per heavy atom. The van der Waals surface area contributed by atoms with Crippen LogP contribution in [0.1, 0.15) is 61.4 Å². The molecule has 31 heavy (non-hydrogen) atoms. The van der Waals surface area contributed by atoms with Gasteiger partial charge in [-0.25, -0.2) is 4.98 Å². The molecule has 1 fully saturated rings. The maximum absolute atomic E-state index is 11.5. The third-order valence-corrected chi connectivity index (χ3v) is 5.83. The van der Waals surface area contributed by atoms with E-state index in [1.165, 1.54) is 6.92 Å². The summed E-state index contributed by atoms with van der Waals surface area (Å²) < 4.78 is 17.0. The summed E-state index contributed by atoms with van der Waals surface area (Å²) in [5.41, 5.74) is 4.12. The van der Waals surface area contributed by atoms with Crippen LogP contribution >= 0.6 is 0 Å². The Hall–Kier alpha value is -3.40. The zero-order chi connectivity index (χ0) is 22.0. The largest absolute Gasteiger partial charge is 0.493 e. The van der Waals surface area contributed by atoms with Crippen molar-refractivity contribution in [3.05, 3.63) is 52.8 Å². The molecule has 0 spiro atoms. The third-order valence-electron chi connectivity index (χ3n) is 5.83. The number of carbonyl (C=O) groups excluding carboxylic acids is 1. The van der Waals surface area contributed by atoms with Gasteiger partial charge in [0.1, 0.15) is 17.9 Å². The highest BCUT2D eigenvalue weighted by atomic mass is 16.5. The number of aliphatic imine (C=N–C) groups is 1. The van der Waals surface area contributed by atoms with E-state index in [1.807, 2.05) is 25.1 Å². The molecule has 2 aliphatic rings. The zero-order valence-corrected chi connectivity index (χ0v) is 17.9. The third kappa shape index (κ3) is 4.11. The van der Waals surface area contributed by atoms with E-state index in [2.05, 4.69) is 11.1 Å². The summed E-state index contributed by atoms with van der Waals surface area (Å²) in [5, 5.41) is 9.08. The molecular formula is C24H25N3O4. The predicted octanol–water partition coefficient (Wildman–Crippen LogP) is 3.78. The van der Waals surface area contributed by atoms with E-state index in [1.54, 1.807) is 19.4 Å². The lowest BCUT2D eigenvalue weighted by Gasteiger charge is -2.38. The SMILES string of the molecule is CCOc1cc2c(cc1OC)C(c1ccc(C#N)nc1)=NC1CCC(OC(C)=O)CC21. The van der Waals surface area contributed by atoms with Gasteiger partial charge in [-0.3, -0.25) is 9.79 Å². The molecule has 4 rings (SSSR count). The average Bonchev–Trinajstić information content (AvgIpc) is 2.78. The molecule has 0 radical (unpaired) electrons. The van der Waals surface area contributed by atoms with E-state index in [4.69, 9.17) is 24.5 Å². The molecule has 1 saturated carbocycles. The van der Waals surface area contributed by atoms with Gasteiger partial charge in [-0.05, 0) is 56.0 Å². The number of esters is 1. The van der Waals surface area contributed by atoms with Gasteiger partial charge in [0, 0.05) is 30.2 Å². The molecule has 2 heterocycles. The Labute approximate surface area is 181 Å². The van der Waals surface area contributed by atoms with E-state index >= 15 is 0 Å². The summed E-state index contributed by atoms with van der Waals surface area (Å²) in [6.07, 6.45) is 3.91. The maximum atomic E-state index is 11.5. The highest BCUT2D eigenvalue weighted by Gasteiger charge is 2.38. The first-order chi connectivity index (χ1) is 15.0. The summed E-state index contributed by atoms with van der Waals surface area (Å²) >= 11 is 0. The average molecular weight is 419 g/mol. The molecule has 0 bridgehead atoms. The van der Waals surface area contributed by atoms with Crippen molar-refractivity contribution in [2.75, 3.05) is 13.7 Å².